The van der Waals surface area contributed by atoms with E-state index in [0.717, 1.165) is 30.7 Å². The Labute approximate surface area is 143 Å². The molecule has 2 amide bonds. The fourth-order valence-corrected chi connectivity index (χ4v) is 2.92. The van der Waals surface area contributed by atoms with E-state index in [1.54, 1.807) is 7.11 Å². The van der Waals surface area contributed by atoms with E-state index in [1.165, 1.54) is 7.11 Å². The third kappa shape index (κ3) is 5.53. The number of amides is 2. The zero-order valence-corrected chi connectivity index (χ0v) is 14.4. The van der Waals surface area contributed by atoms with Gasteiger partial charge in [0.05, 0.1) is 13.5 Å². The Bertz CT molecular complexity index is 544. The van der Waals surface area contributed by atoms with Crippen LogP contribution in [0.5, 0.6) is 5.75 Å². The van der Waals surface area contributed by atoms with Crippen LogP contribution in [-0.4, -0.2) is 57.2 Å². The van der Waals surface area contributed by atoms with E-state index < -0.39 is 0 Å². The number of hydrogen-bond donors (Lipinski definition) is 1. The van der Waals surface area contributed by atoms with Crippen LogP contribution < -0.4 is 10.1 Å². The van der Waals surface area contributed by atoms with Gasteiger partial charge in [0.25, 0.3) is 0 Å². The molecule has 0 aromatic heterocycles. The lowest BCUT2D eigenvalue weighted by Gasteiger charge is -2.32. The van der Waals surface area contributed by atoms with Crippen molar-refractivity contribution < 1.29 is 19.1 Å². The van der Waals surface area contributed by atoms with Gasteiger partial charge in [0, 0.05) is 26.7 Å². The number of hydrogen-bond acceptors (Lipinski definition) is 4. The van der Waals surface area contributed by atoms with Crippen molar-refractivity contribution in [2.24, 2.45) is 5.92 Å². The van der Waals surface area contributed by atoms with Gasteiger partial charge in [-0.3, -0.25) is 9.59 Å². The van der Waals surface area contributed by atoms with Gasteiger partial charge in [0.15, 0.2) is 0 Å². The maximum absolute atomic E-state index is 12.1. The summed E-state index contributed by atoms with van der Waals surface area (Å²) in [5, 5.41) is 2.98. The quantitative estimate of drug-likeness (QED) is 0.815. The topological polar surface area (TPSA) is 67.9 Å². The Hall–Kier alpha value is -2.08. The van der Waals surface area contributed by atoms with Gasteiger partial charge in [0.1, 0.15) is 12.4 Å². The van der Waals surface area contributed by atoms with Gasteiger partial charge >= 0.3 is 0 Å². The number of carbonyl (C=O) groups excluding carboxylic acids is 2. The van der Waals surface area contributed by atoms with Gasteiger partial charge in [-0.2, -0.15) is 0 Å². The number of rotatable bonds is 7. The van der Waals surface area contributed by atoms with E-state index in [-0.39, 0.29) is 18.4 Å². The Kier molecular flexibility index (Phi) is 7.06. The number of ether oxygens (including phenoxy) is 2. The van der Waals surface area contributed by atoms with Crippen molar-refractivity contribution in [2.45, 2.75) is 19.3 Å². The van der Waals surface area contributed by atoms with Gasteiger partial charge in [-0.15, -0.1) is 0 Å². The van der Waals surface area contributed by atoms with Gasteiger partial charge in [-0.25, -0.2) is 0 Å². The summed E-state index contributed by atoms with van der Waals surface area (Å²) in [6.07, 6.45) is 2.34. The minimum Gasteiger partial charge on any atom is -0.497 e. The number of nitrogens with one attached hydrogen (secondary N) is 1. The van der Waals surface area contributed by atoms with Crippen LogP contribution in [0.1, 0.15) is 18.4 Å². The molecule has 1 aromatic rings. The lowest BCUT2D eigenvalue weighted by atomic mass is 9.98. The molecule has 1 saturated heterocycles. The number of piperidine rings is 1. The molecule has 0 spiro atoms. The SMILES string of the molecule is COCC(=O)N1CCC[C@H](CNC(=O)Cc2ccc(OC)cc2)C1. The third-order valence-electron chi connectivity index (χ3n) is 4.25. The summed E-state index contributed by atoms with van der Waals surface area (Å²) in [7, 11) is 3.14. The highest BCUT2D eigenvalue weighted by atomic mass is 16.5. The summed E-state index contributed by atoms with van der Waals surface area (Å²) in [6, 6.07) is 7.49. The molecule has 1 atom stereocenters. The second-order valence-electron chi connectivity index (χ2n) is 6.11. The molecule has 24 heavy (non-hydrogen) atoms. The van der Waals surface area contributed by atoms with Gasteiger partial charge in [0.2, 0.25) is 11.8 Å². The Morgan fingerprint density at radius 2 is 2.00 bits per heavy atom. The zero-order chi connectivity index (χ0) is 17.4. The largest absolute Gasteiger partial charge is 0.497 e. The molecule has 6 heteroatoms. The van der Waals surface area contributed by atoms with E-state index >= 15 is 0 Å². The lowest BCUT2D eigenvalue weighted by molar-refractivity contribution is -0.136. The highest BCUT2D eigenvalue weighted by molar-refractivity contribution is 5.79. The molecule has 0 aliphatic carbocycles. The first-order chi connectivity index (χ1) is 11.6. The second-order valence-corrected chi connectivity index (χ2v) is 6.11. The van der Waals surface area contributed by atoms with E-state index in [4.69, 9.17) is 9.47 Å². The smallest absolute Gasteiger partial charge is 0.248 e. The number of nitrogens with zero attached hydrogens (tertiary/aromatic N) is 1. The van der Waals surface area contributed by atoms with Crippen molar-refractivity contribution in [3.8, 4) is 5.75 Å². The molecular formula is C18H26N2O4. The molecule has 1 aliphatic heterocycles. The molecule has 1 heterocycles. The van der Waals surface area contributed by atoms with Crippen LogP contribution in [-0.2, 0) is 20.7 Å². The van der Waals surface area contributed by atoms with Gasteiger partial charge < -0.3 is 19.7 Å². The van der Waals surface area contributed by atoms with Crippen LogP contribution in [0.4, 0.5) is 0 Å². The Balaban J connectivity index is 1.75. The summed E-state index contributed by atoms with van der Waals surface area (Å²) < 4.78 is 10.0. The van der Waals surface area contributed by atoms with E-state index in [0.29, 0.717) is 25.4 Å². The Morgan fingerprint density at radius 3 is 2.67 bits per heavy atom. The Morgan fingerprint density at radius 1 is 1.25 bits per heavy atom. The number of benzene rings is 1. The minimum atomic E-state index is 0.000471. The number of methoxy groups -OCH3 is 2. The van der Waals surface area contributed by atoms with Crippen LogP contribution in [0.3, 0.4) is 0 Å². The zero-order valence-electron chi connectivity index (χ0n) is 14.4. The summed E-state index contributed by atoms with van der Waals surface area (Å²) >= 11 is 0. The summed E-state index contributed by atoms with van der Waals surface area (Å²) in [5.41, 5.74) is 0.953. The van der Waals surface area contributed by atoms with Crippen molar-refractivity contribution in [3.05, 3.63) is 29.8 Å². The molecule has 6 nitrogen and oxygen atoms in total. The molecular weight excluding hydrogens is 308 g/mol. The van der Waals surface area contributed by atoms with Crippen molar-refractivity contribution in [1.29, 1.82) is 0 Å². The maximum Gasteiger partial charge on any atom is 0.248 e. The predicted molar refractivity (Wildman–Crippen MR) is 90.9 cm³/mol. The van der Waals surface area contributed by atoms with Crippen LogP contribution in [0.25, 0.3) is 0 Å². The molecule has 0 bridgehead atoms. The summed E-state index contributed by atoms with van der Waals surface area (Å²) in [6.45, 7) is 2.19. The first kappa shape index (κ1) is 18.3. The van der Waals surface area contributed by atoms with E-state index in [9.17, 15) is 9.59 Å². The maximum atomic E-state index is 12.1. The first-order valence-electron chi connectivity index (χ1n) is 8.28. The van der Waals surface area contributed by atoms with Crippen LogP contribution in [0.15, 0.2) is 24.3 Å². The second kappa shape index (κ2) is 9.27. The van der Waals surface area contributed by atoms with Crippen LogP contribution in [0.2, 0.25) is 0 Å². The van der Waals surface area contributed by atoms with Crippen LogP contribution >= 0.6 is 0 Å². The average Bonchev–Trinajstić information content (AvgIpc) is 2.61. The predicted octanol–water partition coefficient (Wildman–Crippen LogP) is 1.24. The molecule has 1 aromatic carbocycles. The molecule has 1 N–H and O–H groups in total. The van der Waals surface area contributed by atoms with E-state index in [2.05, 4.69) is 5.32 Å². The molecule has 1 fully saturated rings. The third-order valence-corrected chi connectivity index (χ3v) is 4.25. The number of likely N-dealkylation sites (tertiary alicyclic amines) is 1. The molecule has 2 rings (SSSR count). The highest BCUT2D eigenvalue weighted by Crippen LogP contribution is 2.16. The summed E-state index contributed by atoms with van der Waals surface area (Å²) in [4.78, 5) is 25.8. The monoisotopic (exact) mass is 334 g/mol. The minimum absolute atomic E-state index is 0.000471. The molecule has 0 radical (unpaired) electrons. The lowest BCUT2D eigenvalue weighted by Crippen LogP contribution is -2.45. The fraction of sp³-hybridized carbons (Fsp3) is 0.556. The normalized spacial score (nSPS) is 17.4. The van der Waals surface area contributed by atoms with Crippen LogP contribution in [0, 0.1) is 5.92 Å². The van der Waals surface area contributed by atoms with Crippen molar-refractivity contribution in [2.75, 3.05) is 40.5 Å². The van der Waals surface area contributed by atoms with Crippen molar-refractivity contribution in [1.82, 2.24) is 10.2 Å². The molecule has 0 saturated carbocycles. The molecule has 0 unspecified atom stereocenters. The van der Waals surface area contributed by atoms with Crippen molar-refractivity contribution >= 4 is 11.8 Å². The molecule has 1 aliphatic rings. The molecule has 132 valence electrons. The fourth-order valence-electron chi connectivity index (χ4n) is 2.92. The first-order valence-corrected chi connectivity index (χ1v) is 8.28. The highest BCUT2D eigenvalue weighted by Gasteiger charge is 2.23. The van der Waals surface area contributed by atoms with Gasteiger partial charge in [-0.05, 0) is 36.5 Å². The number of carbonyl (C=O) groups is 2. The van der Waals surface area contributed by atoms with Gasteiger partial charge in [-0.1, -0.05) is 12.1 Å². The summed E-state index contributed by atoms with van der Waals surface area (Å²) in [5.74, 6) is 1.11. The van der Waals surface area contributed by atoms with Crippen molar-refractivity contribution in [3.63, 3.8) is 0 Å². The standard InChI is InChI=1S/C18H26N2O4/c1-23-13-18(22)20-9-3-4-15(12-20)11-19-17(21)10-14-5-7-16(24-2)8-6-14/h5-8,15H,3-4,9-13H2,1-2H3,(H,19,21)/t15-/m1/s1. The average molecular weight is 334 g/mol. The van der Waals surface area contributed by atoms with E-state index in [1.807, 2.05) is 29.2 Å².